The predicted octanol–water partition coefficient (Wildman–Crippen LogP) is 3.73. The van der Waals surface area contributed by atoms with Crippen LogP contribution in [0.1, 0.15) is 25.2 Å². The lowest BCUT2D eigenvalue weighted by Crippen LogP contribution is -2.23. The molecule has 4 nitrogen and oxygen atoms in total. The third kappa shape index (κ3) is 4.59. The first kappa shape index (κ1) is 16.1. The molecule has 0 bridgehead atoms. The van der Waals surface area contributed by atoms with E-state index < -0.39 is 13.4 Å². The molecule has 0 spiro atoms. The smallest absolute Gasteiger partial charge is 0.308 e. The van der Waals surface area contributed by atoms with Gasteiger partial charge in [-0.2, -0.15) is 0 Å². The second-order valence-electron chi connectivity index (χ2n) is 3.89. The predicted molar refractivity (Wildman–Crippen MR) is 78.2 cm³/mol. The van der Waals surface area contributed by atoms with E-state index in [0.29, 0.717) is 19.8 Å². The van der Waals surface area contributed by atoms with Gasteiger partial charge in [-0.25, -0.2) is 0 Å². The van der Waals surface area contributed by atoms with Gasteiger partial charge in [-0.3, -0.25) is 9.88 Å². The quantitative estimate of drug-likeness (QED) is 0.554. The molecule has 0 aliphatic carbocycles. The van der Waals surface area contributed by atoms with E-state index in [1.165, 1.54) is 0 Å². The van der Waals surface area contributed by atoms with Gasteiger partial charge in [-0.05, 0) is 19.4 Å². The van der Waals surface area contributed by atoms with Gasteiger partial charge in [-0.15, -0.1) is 6.58 Å². The highest BCUT2D eigenvalue weighted by atomic mass is 31.2. The molecule has 19 heavy (non-hydrogen) atoms. The molecule has 106 valence electrons. The van der Waals surface area contributed by atoms with Crippen molar-refractivity contribution < 1.29 is 13.6 Å². The van der Waals surface area contributed by atoms with E-state index in [1.54, 1.807) is 19.9 Å². The molecule has 0 fully saturated rings. The summed E-state index contributed by atoms with van der Waals surface area (Å²) in [6, 6.07) is 9.54. The van der Waals surface area contributed by atoms with E-state index in [4.69, 9.17) is 9.05 Å². The molecule has 1 aromatic carbocycles. The normalized spacial score (nSPS) is 13.2. The van der Waals surface area contributed by atoms with Gasteiger partial charge in [0, 0.05) is 6.54 Å². The van der Waals surface area contributed by atoms with Crippen molar-refractivity contribution in [1.82, 2.24) is 5.32 Å². The van der Waals surface area contributed by atoms with Crippen LogP contribution in [0, 0.1) is 0 Å². The maximum absolute atomic E-state index is 12.9. The Bertz CT molecular complexity index is 412. The topological polar surface area (TPSA) is 47.6 Å². The first-order chi connectivity index (χ1) is 9.18. The minimum Gasteiger partial charge on any atom is -0.308 e. The molecule has 1 unspecified atom stereocenters. The lowest BCUT2D eigenvalue weighted by atomic mass is 10.2. The van der Waals surface area contributed by atoms with Crippen LogP contribution in [0.15, 0.2) is 43.0 Å². The number of nitrogens with one attached hydrogen (secondary N) is 1. The van der Waals surface area contributed by atoms with Crippen LogP contribution in [0.4, 0.5) is 0 Å². The van der Waals surface area contributed by atoms with Gasteiger partial charge in [0.15, 0.2) is 0 Å². The van der Waals surface area contributed by atoms with Gasteiger partial charge in [0.05, 0.1) is 13.2 Å². The standard InChI is InChI=1S/C14H22NO3P/c1-4-12-15-14(13-10-8-7-9-11-13)19(16,17-5-2)18-6-3/h4,7-11,14-15H,1,5-6,12H2,2-3H3. The van der Waals surface area contributed by atoms with E-state index in [2.05, 4.69) is 11.9 Å². The average molecular weight is 283 g/mol. The molecular weight excluding hydrogens is 261 g/mol. The van der Waals surface area contributed by atoms with E-state index in [-0.39, 0.29) is 0 Å². The van der Waals surface area contributed by atoms with E-state index in [9.17, 15) is 4.57 Å². The Hall–Kier alpha value is -0.930. The Labute approximate surface area is 115 Å². The van der Waals surface area contributed by atoms with Crippen LogP contribution in [0.5, 0.6) is 0 Å². The zero-order valence-corrected chi connectivity index (χ0v) is 12.4. The number of hydrogen-bond donors (Lipinski definition) is 1. The fourth-order valence-corrected chi connectivity index (χ4v) is 3.75. The maximum atomic E-state index is 12.9. The minimum absolute atomic E-state index is 0.344. The zero-order chi connectivity index (χ0) is 14.1. The third-order valence-corrected chi connectivity index (χ3v) is 4.85. The van der Waals surface area contributed by atoms with Crippen molar-refractivity contribution in [3.63, 3.8) is 0 Å². The number of benzene rings is 1. The van der Waals surface area contributed by atoms with E-state index in [1.807, 2.05) is 30.3 Å². The molecule has 0 saturated heterocycles. The molecule has 0 saturated carbocycles. The van der Waals surface area contributed by atoms with Gasteiger partial charge in [0.2, 0.25) is 0 Å². The Morgan fingerprint density at radius 2 is 1.84 bits per heavy atom. The summed E-state index contributed by atoms with van der Waals surface area (Å²) in [5.41, 5.74) is 0.884. The van der Waals surface area contributed by atoms with Gasteiger partial charge in [-0.1, -0.05) is 36.4 Å². The molecule has 1 N–H and O–H groups in total. The fourth-order valence-electron chi connectivity index (χ4n) is 1.79. The van der Waals surface area contributed by atoms with Crippen molar-refractivity contribution in [1.29, 1.82) is 0 Å². The molecule has 0 heterocycles. The van der Waals surface area contributed by atoms with E-state index in [0.717, 1.165) is 5.56 Å². The monoisotopic (exact) mass is 283 g/mol. The molecule has 0 aromatic heterocycles. The summed E-state index contributed by atoms with van der Waals surface area (Å²) in [6.45, 7) is 8.50. The van der Waals surface area contributed by atoms with Crippen molar-refractivity contribution in [2.75, 3.05) is 19.8 Å². The first-order valence-corrected chi connectivity index (χ1v) is 8.07. The Morgan fingerprint density at radius 1 is 1.26 bits per heavy atom. The SMILES string of the molecule is C=CCNC(c1ccccc1)P(=O)(OCC)OCC. The summed E-state index contributed by atoms with van der Waals surface area (Å²) in [7, 11) is -3.24. The maximum Gasteiger partial charge on any atom is 0.351 e. The minimum atomic E-state index is -3.24. The van der Waals surface area contributed by atoms with Crippen molar-refractivity contribution in [2.45, 2.75) is 19.6 Å². The van der Waals surface area contributed by atoms with Crippen molar-refractivity contribution >= 4 is 7.60 Å². The van der Waals surface area contributed by atoms with Gasteiger partial charge in [0.25, 0.3) is 0 Å². The molecule has 0 aliphatic heterocycles. The molecule has 1 atom stereocenters. The molecular formula is C14H22NO3P. The largest absolute Gasteiger partial charge is 0.351 e. The van der Waals surface area contributed by atoms with Gasteiger partial charge >= 0.3 is 7.60 Å². The second-order valence-corrected chi connectivity index (χ2v) is 6.00. The van der Waals surface area contributed by atoms with Crippen LogP contribution in [-0.2, 0) is 13.6 Å². The molecule has 1 aromatic rings. The van der Waals surface area contributed by atoms with Gasteiger partial charge in [0.1, 0.15) is 5.78 Å². The Morgan fingerprint density at radius 3 is 2.32 bits per heavy atom. The summed E-state index contributed by atoms with van der Waals surface area (Å²) in [5.74, 6) is -0.480. The number of rotatable bonds is 9. The van der Waals surface area contributed by atoms with Crippen LogP contribution in [0.3, 0.4) is 0 Å². The lowest BCUT2D eigenvalue weighted by molar-refractivity contribution is 0.208. The molecule has 1 rings (SSSR count). The summed E-state index contributed by atoms with van der Waals surface area (Å²) in [6.07, 6.45) is 1.72. The summed E-state index contributed by atoms with van der Waals surface area (Å²) < 4.78 is 23.7. The Kier molecular flexibility index (Phi) is 7.03. The van der Waals surface area contributed by atoms with Crippen LogP contribution in [-0.4, -0.2) is 19.8 Å². The lowest BCUT2D eigenvalue weighted by Gasteiger charge is -2.27. The third-order valence-electron chi connectivity index (χ3n) is 2.51. The average Bonchev–Trinajstić information content (AvgIpc) is 2.41. The summed E-state index contributed by atoms with van der Waals surface area (Å²) in [5, 5.41) is 3.16. The molecule has 5 heteroatoms. The van der Waals surface area contributed by atoms with Crippen LogP contribution >= 0.6 is 7.60 Å². The van der Waals surface area contributed by atoms with Crippen LogP contribution in [0.25, 0.3) is 0 Å². The highest BCUT2D eigenvalue weighted by Crippen LogP contribution is 2.59. The fraction of sp³-hybridized carbons (Fsp3) is 0.429. The van der Waals surface area contributed by atoms with Crippen molar-refractivity contribution in [3.05, 3.63) is 48.6 Å². The Balaban J connectivity index is 3.06. The first-order valence-electron chi connectivity index (χ1n) is 6.46. The van der Waals surface area contributed by atoms with Crippen molar-refractivity contribution in [3.8, 4) is 0 Å². The summed E-state index contributed by atoms with van der Waals surface area (Å²) in [4.78, 5) is 0. The van der Waals surface area contributed by atoms with Crippen molar-refractivity contribution in [2.24, 2.45) is 0 Å². The van der Waals surface area contributed by atoms with Crippen LogP contribution < -0.4 is 5.32 Å². The van der Waals surface area contributed by atoms with Crippen LogP contribution in [0.2, 0.25) is 0 Å². The molecule has 0 aliphatic rings. The van der Waals surface area contributed by atoms with E-state index >= 15 is 0 Å². The van der Waals surface area contributed by atoms with Gasteiger partial charge < -0.3 is 9.05 Å². The highest BCUT2D eigenvalue weighted by molar-refractivity contribution is 7.54. The molecule has 0 radical (unpaired) electrons. The summed E-state index contributed by atoms with van der Waals surface area (Å²) >= 11 is 0. The highest BCUT2D eigenvalue weighted by Gasteiger charge is 2.36. The number of hydrogen-bond acceptors (Lipinski definition) is 4. The molecule has 0 amide bonds. The zero-order valence-electron chi connectivity index (χ0n) is 11.5. The second kappa shape index (κ2) is 8.28.